The number of pyridine rings is 1. The lowest BCUT2D eigenvalue weighted by atomic mass is 10.2. The first-order valence-electron chi connectivity index (χ1n) is 8.22. The zero-order chi connectivity index (χ0) is 18.7. The second-order valence-electron chi connectivity index (χ2n) is 5.69. The Balaban J connectivity index is 1.80. The van der Waals surface area contributed by atoms with Gasteiger partial charge in [0.05, 0.1) is 28.7 Å². The Morgan fingerprint density at radius 2 is 1.96 bits per heavy atom. The second-order valence-corrected chi connectivity index (χ2v) is 6.06. The summed E-state index contributed by atoms with van der Waals surface area (Å²) in [5, 5.41) is 7.88. The summed E-state index contributed by atoms with van der Waals surface area (Å²) in [4.78, 5) is 16.6. The number of amides is 1. The SMILES string of the molecule is CCOc1ncccc1NC(=O)c1ccc(-n2nc(C)c(Cl)c2C)cc1. The molecule has 0 unspecified atom stereocenters. The van der Waals surface area contributed by atoms with Crippen LogP contribution in [0.3, 0.4) is 0 Å². The number of anilines is 1. The van der Waals surface area contributed by atoms with Gasteiger partial charge < -0.3 is 10.1 Å². The maximum absolute atomic E-state index is 12.5. The van der Waals surface area contributed by atoms with Crippen LogP contribution in [0.15, 0.2) is 42.6 Å². The number of carbonyl (C=O) groups excluding carboxylic acids is 1. The first kappa shape index (κ1) is 17.9. The summed E-state index contributed by atoms with van der Waals surface area (Å²) in [5.41, 5.74) is 3.52. The molecule has 7 heteroatoms. The normalized spacial score (nSPS) is 10.6. The van der Waals surface area contributed by atoms with Gasteiger partial charge in [-0.15, -0.1) is 0 Å². The minimum Gasteiger partial charge on any atom is -0.476 e. The number of benzene rings is 1. The number of nitrogens with zero attached hydrogens (tertiary/aromatic N) is 3. The first-order valence-corrected chi connectivity index (χ1v) is 8.60. The van der Waals surface area contributed by atoms with Crippen molar-refractivity contribution in [1.29, 1.82) is 0 Å². The molecule has 0 saturated carbocycles. The van der Waals surface area contributed by atoms with E-state index in [1.54, 1.807) is 35.1 Å². The predicted molar refractivity (Wildman–Crippen MR) is 101 cm³/mol. The zero-order valence-corrected chi connectivity index (χ0v) is 15.5. The highest BCUT2D eigenvalue weighted by Gasteiger charge is 2.13. The summed E-state index contributed by atoms with van der Waals surface area (Å²) in [7, 11) is 0. The minimum atomic E-state index is -0.239. The van der Waals surface area contributed by atoms with Crippen molar-refractivity contribution in [1.82, 2.24) is 14.8 Å². The summed E-state index contributed by atoms with van der Waals surface area (Å²) in [6.07, 6.45) is 1.62. The van der Waals surface area contributed by atoms with E-state index >= 15 is 0 Å². The van der Waals surface area contributed by atoms with Crippen LogP contribution in [0, 0.1) is 13.8 Å². The molecule has 3 rings (SSSR count). The molecule has 0 bridgehead atoms. The van der Waals surface area contributed by atoms with Gasteiger partial charge in [-0.25, -0.2) is 9.67 Å². The first-order chi connectivity index (χ1) is 12.5. The van der Waals surface area contributed by atoms with Crippen molar-refractivity contribution in [3.05, 3.63) is 64.6 Å². The van der Waals surface area contributed by atoms with Crippen LogP contribution in [0.4, 0.5) is 5.69 Å². The van der Waals surface area contributed by atoms with Crippen molar-refractivity contribution in [2.45, 2.75) is 20.8 Å². The topological polar surface area (TPSA) is 69.0 Å². The highest BCUT2D eigenvalue weighted by Crippen LogP contribution is 2.24. The van der Waals surface area contributed by atoms with Crippen LogP contribution in [-0.2, 0) is 0 Å². The Morgan fingerprint density at radius 1 is 1.23 bits per heavy atom. The van der Waals surface area contributed by atoms with Crippen LogP contribution in [0.25, 0.3) is 5.69 Å². The molecule has 6 nitrogen and oxygen atoms in total. The molecule has 3 aromatic rings. The molecule has 0 spiro atoms. The van der Waals surface area contributed by atoms with E-state index in [9.17, 15) is 4.79 Å². The number of nitrogens with one attached hydrogen (secondary N) is 1. The number of aromatic nitrogens is 3. The summed E-state index contributed by atoms with van der Waals surface area (Å²) in [6.45, 7) is 6.10. The van der Waals surface area contributed by atoms with E-state index in [1.165, 1.54) is 0 Å². The fraction of sp³-hybridized carbons (Fsp3) is 0.211. The number of hydrogen-bond acceptors (Lipinski definition) is 4. The Hall–Kier alpha value is -2.86. The van der Waals surface area contributed by atoms with Gasteiger partial charge in [0.25, 0.3) is 5.91 Å². The molecule has 0 radical (unpaired) electrons. The van der Waals surface area contributed by atoms with Crippen LogP contribution in [0.1, 0.15) is 28.7 Å². The van der Waals surface area contributed by atoms with E-state index in [1.807, 2.05) is 32.9 Å². The average Bonchev–Trinajstić information content (AvgIpc) is 2.91. The summed E-state index contributed by atoms with van der Waals surface area (Å²) >= 11 is 6.20. The number of ether oxygens (including phenoxy) is 1. The number of halogens is 1. The van der Waals surface area contributed by atoms with Gasteiger partial charge in [0.1, 0.15) is 5.69 Å². The van der Waals surface area contributed by atoms with Crippen molar-refractivity contribution in [3.8, 4) is 11.6 Å². The van der Waals surface area contributed by atoms with Gasteiger partial charge in [0.15, 0.2) is 0 Å². The molecule has 2 heterocycles. The van der Waals surface area contributed by atoms with Gasteiger partial charge in [-0.2, -0.15) is 5.10 Å². The van der Waals surface area contributed by atoms with Gasteiger partial charge in [-0.1, -0.05) is 11.6 Å². The van der Waals surface area contributed by atoms with Gasteiger partial charge in [-0.05, 0) is 57.2 Å². The molecule has 0 aliphatic rings. The van der Waals surface area contributed by atoms with Gasteiger partial charge in [0, 0.05) is 11.8 Å². The van der Waals surface area contributed by atoms with E-state index in [4.69, 9.17) is 16.3 Å². The standard InChI is InChI=1S/C19H19ClN4O2/c1-4-26-19-16(6-5-11-21-19)22-18(25)14-7-9-15(10-8-14)24-13(3)17(20)12(2)23-24/h5-11H,4H2,1-3H3,(H,22,25). The van der Waals surface area contributed by atoms with E-state index in [-0.39, 0.29) is 5.91 Å². The molecule has 26 heavy (non-hydrogen) atoms. The van der Waals surface area contributed by atoms with Crippen LogP contribution in [0.2, 0.25) is 5.02 Å². The average molecular weight is 371 g/mol. The summed E-state index contributed by atoms with van der Waals surface area (Å²) in [6, 6.07) is 10.6. The molecule has 1 N–H and O–H groups in total. The van der Waals surface area contributed by atoms with Crippen molar-refractivity contribution in [3.63, 3.8) is 0 Å². The lowest BCUT2D eigenvalue weighted by Crippen LogP contribution is -2.13. The highest BCUT2D eigenvalue weighted by molar-refractivity contribution is 6.31. The van der Waals surface area contributed by atoms with E-state index in [2.05, 4.69) is 15.4 Å². The third kappa shape index (κ3) is 3.55. The molecular weight excluding hydrogens is 352 g/mol. The van der Waals surface area contributed by atoms with E-state index < -0.39 is 0 Å². The fourth-order valence-electron chi connectivity index (χ4n) is 2.56. The number of rotatable bonds is 5. The van der Waals surface area contributed by atoms with Crippen LogP contribution in [0.5, 0.6) is 5.88 Å². The fourth-order valence-corrected chi connectivity index (χ4v) is 2.68. The Morgan fingerprint density at radius 3 is 2.58 bits per heavy atom. The Bertz CT molecular complexity index is 935. The summed E-state index contributed by atoms with van der Waals surface area (Å²) < 4.78 is 7.19. The van der Waals surface area contributed by atoms with E-state index in [0.29, 0.717) is 28.8 Å². The monoisotopic (exact) mass is 370 g/mol. The van der Waals surface area contributed by atoms with E-state index in [0.717, 1.165) is 17.1 Å². The molecule has 1 aromatic carbocycles. The Labute approximate surface area is 156 Å². The third-order valence-electron chi connectivity index (χ3n) is 3.88. The molecular formula is C19H19ClN4O2. The number of hydrogen-bond donors (Lipinski definition) is 1. The van der Waals surface area contributed by atoms with Crippen molar-refractivity contribution >= 4 is 23.2 Å². The van der Waals surface area contributed by atoms with Gasteiger partial charge >= 0.3 is 0 Å². The second kappa shape index (κ2) is 7.58. The maximum atomic E-state index is 12.5. The highest BCUT2D eigenvalue weighted by atomic mass is 35.5. The molecule has 0 atom stereocenters. The minimum absolute atomic E-state index is 0.239. The van der Waals surface area contributed by atoms with Crippen LogP contribution >= 0.6 is 11.6 Å². The third-order valence-corrected chi connectivity index (χ3v) is 4.42. The van der Waals surface area contributed by atoms with Gasteiger partial charge in [-0.3, -0.25) is 4.79 Å². The quantitative estimate of drug-likeness (QED) is 0.731. The molecule has 0 fully saturated rings. The largest absolute Gasteiger partial charge is 0.476 e. The van der Waals surface area contributed by atoms with Crippen molar-refractivity contribution in [2.24, 2.45) is 0 Å². The van der Waals surface area contributed by atoms with Crippen LogP contribution < -0.4 is 10.1 Å². The Kier molecular flexibility index (Phi) is 5.23. The van der Waals surface area contributed by atoms with Crippen molar-refractivity contribution in [2.75, 3.05) is 11.9 Å². The predicted octanol–water partition coefficient (Wildman–Crippen LogP) is 4.19. The van der Waals surface area contributed by atoms with Crippen molar-refractivity contribution < 1.29 is 9.53 Å². The van der Waals surface area contributed by atoms with Crippen LogP contribution in [-0.4, -0.2) is 27.3 Å². The zero-order valence-electron chi connectivity index (χ0n) is 14.8. The number of carbonyl (C=O) groups is 1. The van der Waals surface area contributed by atoms with Gasteiger partial charge in [0.2, 0.25) is 5.88 Å². The molecule has 1 amide bonds. The lowest BCUT2D eigenvalue weighted by Gasteiger charge is -2.10. The smallest absolute Gasteiger partial charge is 0.255 e. The lowest BCUT2D eigenvalue weighted by molar-refractivity contribution is 0.102. The maximum Gasteiger partial charge on any atom is 0.255 e. The molecule has 134 valence electrons. The number of aryl methyl sites for hydroxylation is 1. The molecule has 0 aliphatic heterocycles. The summed E-state index contributed by atoms with van der Waals surface area (Å²) in [5.74, 6) is 0.161. The molecule has 0 aliphatic carbocycles. The molecule has 2 aromatic heterocycles. The molecule has 0 saturated heterocycles.